The van der Waals surface area contributed by atoms with Crippen molar-refractivity contribution in [2.75, 3.05) is 19.6 Å². The molecule has 5 nitrogen and oxygen atoms in total. The second-order valence-corrected chi connectivity index (χ2v) is 10.8. The summed E-state index contributed by atoms with van der Waals surface area (Å²) in [6.07, 6.45) is 14.0. The van der Waals surface area contributed by atoms with Crippen molar-refractivity contribution in [3.63, 3.8) is 0 Å². The van der Waals surface area contributed by atoms with Gasteiger partial charge in [-0.15, -0.1) is 11.3 Å². The zero-order valence-electron chi connectivity index (χ0n) is 18.1. The van der Waals surface area contributed by atoms with E-state index in [2.05, 4.69) is 9.80 Å². The van der Waals surface area contributed by atoms with E-state index in [-0.39, 0.29) is 11.8 Å². The Labute approximate surface area is 184 Å². The van der Waals surface area contributed by atoms with Crippen LogP contribution in [-0.4, -0.2) is 52.3 Å². The fourth-order valence-corrected chi connectivity index (χ4v) is 7.34. The molecule has 0 radical (unpaired) electrons. The SMILES string of the molecule is O=C(C1CCCC1)N1CCC(c2nc(C(=O)N3CCCC4CCCCC43)cs2)CC1. The Balaban J connectivity index is 1.19. The van der Waals surface area contributed by atoms with Gasteiger partial charge in [-0.05, 0) is 57.3 Å². The minimum atomic E-state index is 0.156. The summed E-state index contributed by atoms with van der Waals surface area (Å²) >= 11 is 1.65. The van der Waals surface area contributed by atoms with E-state index in [0.29, 0.717) is 29.5 Å². The minimum Gasteiger partial charge on any atom is -0.342 e. The van der Waals surface area contributed by atoms with Crippen LogP contribution in [0.2, 0.25) is 0 Å². The molecule has 2 saturated heterocycles. The number of fused-ring (bicyclic) bond motifs is 1. The molecule has 2 amide bonds. The molecule has 1 aromatic rings. The number of carbonyl (C=O) groups excluding carboxylic acids is 2. The third-order valence-corrected chi connectivity index (χ3v) is 9.11. The lowest BCUT2D eigenvalue weighted by Crippen LogP contribution is -2.49. The van der Waals surface area contributed by atoms with Crippen molar-refractivity contribution in [1.82, 2.24) is 14.8 Å². The molecule has 2 aliphatic carbocycles. The molecular weight excluding hydrogens is 394 g/mol. The molecule has 2 atom stereocenters. The lowest BCUT2D eigenvalue weighted by atomic mass is 9.78. The van der Waals surface area contributed by atoms with Crippen LogP contribution in [0, 0.1) is 11.8 Å². The maximum Gasteiger partial charge on any atom is 0.273 e. The highest BCUT2D eigenvalue weighted by molar-refractivity contribution is 7.09. The number of rotatable bonds is 3. The minimum absolute atomic E-state index is 0.156. The van der Waals surface area contributed by atoms with Crippen LogP contribution >= 0.6 is 11.3 Å². The van der Waals surface area contributed by atoms with Crippen LogP contribution in [0.1, 0.15) is 98.5 Å². The second kappa shape index (κ2) is 8.97. The van der Waals surface area contributed by atoms with E-state index in [4.69, 9.17) is 4.98 Å². The molecule has 2 saturated carbocycles. The van der Waals surface area contributed by atoms with E-state index in [1.165, 1.54) is 44.9 Å². The molecule has 0 bridgehead atoms. The van der Waals surface area contributed by atoms with Gasteiger partial charge in [-0.1, -0.05) is 25.7 Å². The van der Waals surface area contributed by atoms with Crippen molar-refractivity contribution in [3.8, 4) is 0 Å². The maximum atomic E-state index is 13.3. The number of hydrogen-bond donors (Lipinski definition) is 0. The molecule has 4 aliphatic rings. The van der Waals surface area contributed by atoms with Crippen LogP contribution in [0.5, 0.6) is 0 Å². The fraction of sp³-hybridized carbons (Fsp3) is 0.792. The van der Waals surface area contributed by atoms with Gasteiger partial charge in [0.25, 0.3) is 5.91 Å². The van der Waals surface area contributed by atoms with Crippen LogP contribution in [0.3, 0.4) is 0 Å². The Hall–Kier alpha value is -1.43. The molecule has 0 spiro atoms. The van der Waals surface area contributed by atoms with Gasteiger partial charge in [0.15, 0.2) is 0 Å². The Morgan fingerprint density at radius 3 is 2.37 bits per heavy atom. The predicted molar refractivity (Wildman–Crippen MR) is 119 cm³/mol. The molecule has 3 heterocycles. The van der Waals surface area contributed by atoms with Crippen molar-refractivity contribution in [2.45, 2.75) is 89.0 Å². The van der Waals surface area contributed by atoms with Gasteiger partial charge in [0, 0.05) is 42.9 Å². The van der Waals surface area contributed by atoms with Crippen molar-refractivity contribution >= 4 is 23.2 Å². The number of piperidine rings is 2. The summed E-state index contributed by atoms with van der Waals surface area (Å²) in [7, 11) is 0. The quantitative estimate of drug-likeness (QED) is 0.691. The first kappa shape index (κ1) is 20.5. The Morgan fingerprint density at radius 2 is 1.57 bits per heavy atom. The molecule has 0 aromatic carbocycles. The summed E-state index contributed by atoms with van der Waals surface area (Å²) in [6, 6.07) is 0.440. The van der Waals surface area contributed by atoms with E-state index >= 15 is 0 Å². The molecule has 6 heteroatoms. The van der Waals surface area contributed by atoms with Gasteiger partial charge < -0.3 is 9.80 Å². The van der Waals surface area contributed by atoms with Gasteiger partial charge in [-0.25, -0.2) is 4.98 Å². The van der Waals surface area contributed by atoms with E-state index < -0.39 is 0 Å². The van der Waals surface area contributed by atoms with Gasteiger partial charge in [0.2, 0.25) is 5.91 Å². The Bertz CT molecular complexity index is 762. The number of nitrogens with zero attached hydrogens (tertiary/aromatic N) is 3. The predicted octanol–water partition coefficient (Wildman–Crippen LogP) is 4.83. The molecule has 1 aromatic heterocycles. The average molecular weight is 430 g/mol. The standard InChI is InChI=1S/C24H35N3O2S/c28-23(19-7-1-2-8-19)26-14-11-18(12-15-26)22-25-20(16-30-22)24(29)27-13-5-9-17-6-3-4-10-21(17)27/h16-19,21H,1-15H2. The van der Waals surface area contributed by atoms with Crippen LogP contribution in [0.4, 0.5) is 0 Å². The van der Waals surface area contributed by atoms with E-state index in [9.17, 15) is 9.59 Å². The maximum absolute atomic E-state index is 13.3. The first-order valence-corrected chi connectivity index (χ1v) is 13.1. The first-order valence-electron chi connectivity index (χ1n) is 12.3. The topological polar surface area (TPSA) is 53.5 Å². The zero-order valence-corrected chi connectivity index (χ0v) is 18.9. The lowest BCUT2D eigenvalue weighted by Gasteiger charge is -2.43. The summed E-state index contributed by atoms with van der Waals surface area (Å²) < 4.78 is 0. The average Bonchev–Trinajstić information content (AvgIpc) is 3.50. The monoisotopic (exact) mass is 429 g/mol. The number of hydrogen-bond acceptors (Lipinski definition) is 4. The Morgan fingerprint density at radius 1 is 0.867 bits per heavy atom. The van der Waals surface area contributed by atoms with Crippen molar-refractivity contribution < 1.29 is 9.59 Å². The van der Waals surface area contributed by atoms with Crippen LogP contribution < -0.4 is 0 Å². The van der Waals surface area contributed by atoms with E-state index in [0.717, 1.165) is 56.7 Å². The smallest absolute Gasteiger partial charge is 0.273 e. The summed E-state index contributed by atoms with van der Waals surface area (Å²) in [6.45, 7) is 2.59. The summed E-state index contributed by atoms with van der Waals surface area (Å²) in [5, 5.41) is 3.09. The number of likely N-dealkylation sites (tertiary alicyclic amines) is 2. The fourth-order valence-electron chi connectivity index (χ4n) is 6.38. The second-order valence-electron chi connectivity index (χ2n) is 9.90. The van der Waals surface area contributed by atoms with Crippen molar-refractivity contribution in [1.29, 1.82) is 0 Å². The van der Waals surface area contributed by atoms with E-state index in [1.807, 2.05) is 5.38 Å². The Kier molecular flexibility index (Phi) is 6.12. The largest absolute Gasteiger partial charge is 0.342 e. The van der Waals surface area contributed by atoms with Crippen LogP contribution in [-0.2, 0) is 4.79 Å². The third kappa shape index (κ3) is 4.04. The molecule has 2 aliphatic heterocycles. The summed E-state index contributed by atoms with van der Waals surface area (Å²) in [5.74, 6) is 1.92. The number of thiazole rings is 1. The number of amides is 2. The van der Waals surface area contributed by atoms with Crippen LogP contribution in [0.15, 0.2) is 5.38 Å². The van der Waals surface area contributed by atoms with Gasteiger partial charge in [-0.3, -0.25) is 9.59 Å². The molecule has 30 heavy (non-hydrogen) atoms. The summed E-state index contributed by atoms with van der Waals surface area (Å²) in [4.78, 5) is 35.0. The molecular formula is C24H35N3O2S. The van der Waals surface area contributed by atoms with Gasteiger partial charge >= 0.3 is 0 Å². The lowest BCUT2D eigenvalue weighted by molar-refractivity contribution is -0.136. The van der Waals surface area contributed by atoms with Gasteiger partial charge in [-0.2, -0.15) is 0 Å². The van der Waals surface area contributed by atoms with Crippen molar-refractivity contribution in [3.05, 3.63) is 16.1 Å². The molecule has 4 fully saturated rings. The number of carbonyl (C=O) groups is 2. The number of aromatic nitrogens is 1. The highest BCUT2D eigenvalue weighted by atomic mass is 32.1. The summed E-state index contributed by atoms with van der Waals surface area (Å²) in [5.41, 5.74) is 0.658. The normalized spacial score (nSPS) is 28.5. The third-order valence-electron chi connectivity index (χ3n) is 8.11. The highest BCUT2D eigenvalue weighted by Gasteiger charge is 2.37. The molecule has 5 rings (SSSR count). The zero-order chi connectivity index (χ0) is 20.5. The van der Waals surface area contributed by atoms with Gasteiger partial charge in [0.1, 0.15) is 5.69 Å². The highest BCUT2D eigenvalue weighted by Crippen LogP contribution is 2.37. The van der Waals surface area contributed by atoms with E-state index in [1.54, 1.807) is 11.3 Å². The molecule has 0 N–H and O–H groups in total. The molecule has 2 unspecified atom stereocenters. The van der Waals surface area contributed by atoms with Crippen molar-refractivity contribution in [2.24, 2.45) is 11.8 Å². The van der Waals surface area contributed by atoms with Crippen LogP contribution in [0.25, 0.3) is 0 Å². The molecule has 164 valence electrons. The first-order chi connectivity index (χ1) is 14.7. The van der Waals surface area contributed by atoms with Gasteiger partial charge in [0.05, 0.1) is 5.01 Å².